The molecule has 0 aliphatic carbocycles. The molecule has 0 saturated heterocycles. The van der Waals surface area contributed by atoms with Gasteiger partial charge < -0.3 is 9.84 Å². The second-order valence-electron chi connectivity index (χ2n) is 4.90. The molecule has 1 aromatic rings. The Balaban J connectivity index is 2.86. The van der Waals surface area contributed by atoms with E-state index in [4.69, 9.17) is 9.84 Å². The van der Waals surface area contributed by atoms with Crippen LogP contribution in [0, 0.1) is 11.8 Å². The van der Waals surface area contributed by atoms with E-state index in [1.165, 1.54) is 0 Å². The van der Waals surface area contributed by atoms with Crippen molar-refractivity contribution in [1.82, 2.24) is 0 Å². The first-order valence-electron chi connectivity index (χ1n) is 5.91. The van der Waals surface area contributed by atoms with Crippen LogP contribution in [-0.2, 0) is 0 Å². The first-order valence-corrected chi connectivity index (χ1v) is 5.91. The van der Waals surface area contributed by atoms with Gasteiger partial charge in [-0.05, 0) is 30.0 Å². The fourth-order valence-corrected chi connectivity index (χ4v) is 1.90. The molecule has 0 bridgehead atoms. The van der Waals surface area contributed by atoms with E-state index in [-0.39, 0.29) is 11.7 Å². The topological polar surface area (TPSA) is 46.5 Å². The third kappa shape index (κ3) is 3.77. The van der Waals surface area contributed by atoms with Crippen LogP contribution in [0.2, 0.25) is 0 Å². The van der Waals surface area contributed by atoms with Crippen LogP contribution in [0.5, 0.6) is 5.75 Å². The van der Waals surface area contributed by atoms with Crippen molar-refractivity contribution in [2.75, 3.05) is 0 Å². The average molecular weight is 236 g/mol. The Morgan fingerprint density at radius 3 is 2.24 bits per heavy atom. The van der Waals surface area contributed by atoms with Crippen molar-refractivity contribution >= 4 is 5.97 Å². The molecule has 0 heterocycles. The summed E-state index contributed by atoms with van der Waals surface area (Å²) < 4.78 is 5.86. The Labute approximate surface area is 102 Å². The number of hydrogen-bond donors (Lipinski definition) is 1. The van der Waals surface area contributed by atoms with Gasteiger partial charge in [0, 0.05) is 0 Å². The van der Waals surface area contributed by atoms with E-state index in [1.807, 2.05) is 0 Å². The summed E-state index contributed by atoms with van der Waals surface area (Å²) in [6, 6.07) is 6.63. The Bertz CT molecular complexity index is 375. The molecule has 94 valence electrons. The van der Waals surface area contributed by atoms with Gasteiger partial charge in [-0.25, -0.2) is 4.79 Å². The molecule has 0 aliphatic heterocycles. The van der Waals surface area contributed by atoms with Gasteiger partial charge in [0.25, 0.3) is 0 Å². The lowest BCUT2D eigenvalue weighted by Gasteiger charge is -2.26. The Kier molecular flexibility index (Phi) is 4.55. The molecule has 0 atom stereocenters. The third-order valence-electron chi connectivity index (χ3n) is 2.67. The smallest absolute Gasteiger partial charge is 0.335 e. The molecule has 0 aromatic heterocycles. The van der Waals surface area contributed by atoms with Crippen LogP contribution < -0.4 is 4.74 Å². The second kappa shape index (κ2) is 5.71. The minimum atomic E-state index is -0.930. The molecule has 0 spiro atoms. The zero-order valence-corrected chi connectivity index (χ0v) is 10.8. The average Bonchev–Trinajstić information content (AvgIpc) is 2.25. The Morgan fingerprint density at radius 2 is 1.76 bits per heavy atom. The molecule has 17 heavy (non-hydrogen) atoms. The van der Waals surface area contributed by atoms with Crippen LogP contribution >= 0.6 is 0 Å². The highest BCUT2D eigenvalue weighted by Crippen LogP contribution is 2.22. The lowest BCUT2D eigenvalue weighted by molar-refractivity contribution is 0.0694. The predicted octanol–water partition coefficient (Wildman–Crippen LogP) is 3.44. The van der Waals surface area contributed by atoms with Gasteiger partial charge in [0.1, 0.15) is 11.9 Å². The van der Waals surface area contributed by atoms with Crippen LogP contribution in [0.25, 0.3) is 0 Å². The molecule has 1 N–H and O–H groups in total. The van der Waals surface area contributed by atoms with Crippen molar-refractivity contribution in [3.63, 3.8) is 0 Å². The lowest BCUT2D eigenvalue weighted by atomic mass is 9.96. The van der Waals surface area contributed by atoms with Gasteiger partial charge >= 0.3 is 5.97 Å². The minimum absolute atomic E-state index is 0.0963. The molecule has 0 amide bonds. The predicted molar refractivity (Wildman–Crippen MR) is 67.5 cm³/mol. The highest BCUT2D eigenvalue weighted by atomic mass is 16.5. The van der Waals surface area contributed by atoms with Crippen molar-refractivity contribution in [3.05, 3.63) is 29.8 Å². The van der Waals surface area contributed by atoms with Crippen molar-refractivity contribution in [3.8, 4) is 5.75 Å². The summed E-state index contributed by atoms with van der Waals surface area (Å²) in [6.07, 6.45) is 0.0963. The van der Waals surface area contributed by atoms with E-state index in [2.05, 4.69) is 27.7 Å². The molecular formula is C14H20O3. The van der Waals surface area contributed by atoms with Gasteiger partial charge in [0.05, 0.1) is 5.56 Å². The van der Waals surface area contributed by atoms with Gasteiger partial charge in [0.2, 0.25) is 0 Å². The number of hydrogen-bond acceptors (Lipinski definition) is 2. The van der Waals surface area contributed by atoms with Gasteiger partial charge in [-0.15, -0.1) is 0 Å². The monoisotopic (exact) mass is 236 g/mol. The van der Waals surface area contributed by atoms with Crippen molar-refractivity contribution in [2.45, 2.75) is 33.8 Å². The van der Waals surface area contributed by atoms with E-state index >= 15 is 0 Å². The molecular weight excluding hydrogens is 216 g/mol. The Morgan fingerprint density at radius 1 is 1.18 bits per heavy atom. The summed E-state index contributed by atoms with van der Waals surface area (Å²) in [5.74, 6) is 0.477. The molecule has 1 rings (SSSR count). The van der Waals surface area contributed by atoms with E-state index < -0.39 is 5.97 Å². The molecule has 0 aliphatic rings. The number of benzene rings is 1. The summed E-state index contributed by atoms with van der Waals surface area (Å²) in [7, 11) is 0. The fraction of sp³-hybridized carbons (Fsp3) is 0.500. The first kappa shape index (κ1) is 13.6. The molecule has 0 radical (unpaired) electrons. The van der Waals surface area contributed by atoms with Crippen molar-refractivity contribution < 1.29 is 14.6 Å². The van der Waals surface area contributed by atoms with Gasteiger partial charge in [-0.3, -0.25) is 0 Å². The lowest BCUT2D eigenvalue weighted by Crippen LogP contribution is -2.28. The SMILES string of the molecule is CC(C)C(Oc1cccc(C(=O)O)c1)C(C)C. The molecule has 1 aromatic carbocycles. The number of carboxylic acid groups (broad SMARTS) is 1. The molecule has 0 fully saturated rings. The van der Waals surface area contributed by atoms with E-state index in [0.29, 0.717) is 17.6 Å². The van der Waals surface area contributed by atoms with Crippen LogP contribution in [0.15, 0.2) is 24.3 Å². The summed E-state index contributed by atoms with van der Waals surface area (Å²) in [5.41, 5.74) is 0.258. The zero-order valence-electron chi connectivity index (χ0n) is 10.8. The normalized spacial score (nSPS) is 11.2. The molecule has 3 heteroatoms. The number of rotatable bonds is 5. The molecule has 3 nitrogen and oxygen atoms in total. The maximum Gasteiger partial charge on any atom is 0.335 e. The van der Waals surface area contributed by atoms with E-state index in [9.17, 15) is 4.79 Å². The van der Waals surface area contributed by atoms with E-state index in [0.717, 1.165) is 0 Å². The van der Waals surface area contributed by atoms with E-state index in [1.54, 1.807) is 24.3 Å². The first-order chi connectivity index (χ1) is 7.91. The highest BCUT2D eigenvalue weighted by molar-refractivity contribution is 5.87. The van der Waals surface area contributed by atoms with Crippen LogP contribution in [0.1, 0.15) is 38.1 Å². The van der Waals surface area contributed by atoms with Crippen LogP contribution in [-0.4, -0.2) is 17.2 Å². The summed E-state index contributed by atoms with van der Waals surface area (Å²) in [5, 5.41) is 8.91. The number of ether oxygens (including phenoxy) is 1. The van der Waals surface area contributed by atoms with Crippen LogP contribution in [0.4, 0.5) is 0 Å². The number of aromatic carboxylic acids is 1. The van der Waals surface area contributed by atoms with Crippen molar-refractivity contribution in [1.29, 1.82) is 0 Å². The largest absolute Gasteiger partial charge is 0.490 e. The fourth-order valence-electron chi connectivity index (χ4n) is 1.90. The van der Waals surface area contributed by atoms with Crippen molar-refractivity contribution in [2.24, 2.45) is 11.8 Å². The third-order valence-corrected chi connectivity index (χ3v) is 2.67. The van der Waals surface area contributed by atoms with Gasteiger partial charge in [0.15, 0.2) is 0 Å². The van der Waals surface area contributed by atoms with Crippen LogP contribution in [0.3, 0.4) is 0 Å². The standard InChI is InChI=1S/C14H20O3/c1-9(2)13(10(3)4)17-12-7-5-6-11(8-12)14(15)16/h5-10,13H,1-4H3,(H,15,16). The highest BCUT2D eigenvalue weighted by Gasteiger charge is 2.19. The maximum absolute atomic E-state index is 10.9. The summed E-state index contributed by atoms with van der Waals surface area (Å²) in [6.45, 7) is 8.41. The van der Waals surface area contributed by atoms with Gasteiger partial charge in [-0.1, -0.05) is 33.8 Å². The second-order valence-corrected chi connectivity index (χ2v) is 4.90. The maximum atomic E-state index is 10.9. The molecule has 0 unspecified atom stereocenters. The summed E-state index contributed by atoms with van der Waals surface area (Å²) in [4.78, 5) is 10.9. The number of carboxylic acids is 1. The molecule has 0 saturated carbocycles. The summed E-state index contributed by atoms with van der Waals surface area (Å²) >= 11 is 0. The number of carbonyl (C=O) groups is 1. The zero-order chi connectivity index (χ0) is 13.0. The quantitative estimate of drug-likeness (QED) is 0.851. The van der Waals surface area contributed by atoms with Gasteiger partial charge in [-0.2, -0.15) is 0 Å². The Hall–Kier alpha value is -1.51. The minimum Gasteiger partial charge on any atom is -0.490 e.